The summed E-state index contributed by atoms with van der Waals surface area (Å²) < 4.78 is 13.2. The van der Waals surface area contributed by atoms with Crippen molar-refractivity contribution in [1.82, 2.24) is 10.2 Å². The number of hydrogen-bond donors (Lipinski definition) is 1. The van der Waals surface area contributed by atoms with Crippen LogP contribution in [0.4, 0.5) is 4.39 Å². The molecule has 4 rings (SSSR count). The zero-order valence-electron chi connectivity index (χ0n) is 12.7. The van der Waals surface area contributed by atoms with Crippen LogP contribution in [-0.2, 0) is 5.41 Å². The summed E-state index contributed by atoms with van der Waals surface area (Å²) in [6.45, 7) is 2.07. The van der Waals surface area contributed by atoms with E-state index in [9.17, 15) is 4.39 Å². The molecule has 0 radical (unpaired) electrons. The van der Waals surface area contributed by atoms with Gasteiger partial charge in [-0.1, -0.05) is 41.9 Å². The minimum Gasteiger partial charge on any atom is -0.281 e. The zero-order chi connectivity index (χ0) is 16.0. The van der Waals surface area contributed by atoms with Crippen LogP contribution in [0.15, 0.2) is 48.5 Å². The summed E-state index contributed by atoms with van der Waals surface area (Å²) in [5.41, 5.74) is 5.11. The second kappa shape index (κ2) is 5.20. The summed E-state index contributed by atoms with van der Waals surface area (Å²) in [4.78, 5) is 0. The van der Waals surface area contributed by atoms with E-state index < -0.39 is 0 Å². The third-order valence-electron chi connectivity index (χ3n) is 4.76. The first-order valence-corrected chi connectivity index (χ1v) is 8.06. The van der Waals surface area contributed by atoms with Crippen LogP contribution in [-0.4, -0.2) is 10.2 Å². The molecule has 116 valence electrons. The van der Waals surface area contributed by atoms with Crippen molar-refractivity contribution in [3.63, 3.8) is 0 Å². The topological polar surface area (TPSA) is 28.7 Å². The third kappa shape index (κ3) is 2.27. The molecule has 0 unspecified atom stereocenters. The quantitative estimate of drug-likeness (QED) is 0.699. The first kappa shape index (κ1) is 14.5. The standard InChI is InChI=1S/C19H16ClFN2/c1-12-17(15-4-2-3-5-16(15)20)22-23-18(12)19(10-11-19)13-6-8-14(21)9-7-13/h2-9H,10-11H2,1H3,(H,22,23). The molecule has 1 aromatic heterocycles. The zero-order valence-corrected chi connectivity index (χ0v) is 13.5. The number of aromatic nitrogens is 2. The van der Waals surface area contributed by atoms with Crippen LogP contribution in [0.3, 0.4) is 0 Å². The Labute approximate surface area is 139 Å². The van der Waals surface area contributed by atoms with Gasteiger partial charge in [-0.25, -0.2) is 4.39 Å². The molecule has 3 aromatic rings. The van der Waals surface area contributed by atoms with Crippen molar-refractivity contribution in [3.05, 3.63) is 76.2 Å². The molecule has 1 N–H and O–H groups in total. The Morgan fingerprint density at radius 2 is 1.78 bits per heavy atom. The number of aromatic amines is 1. The van der Waals surface area contributed by atoms with Gasteiger partial charge in [0.05, 0.1) is 10.7 Å². The molecule has 0 bridgehead atoms. The molecule has 1 saturated carbocycles. The van der Waals surface area contributed by atoms with Gasteiger partial charge in [0.2, 0.25) is 0 Å². The Morgan fingerprint density at radius 1 is 1.09 bits per heavy atom. The van der Waals surface area contributed by atoms with Crippen LogP contribution < -0.4 is 0 Å². The van der Waals surface area contributed by atoms with Gasteiger partial charge in [-0.3, -0.25) is 5.10 Å². The van der Waals surface area contributed by atoms with Crippen molar-refractivity contribution in [2.75, 3.05) is 0 Å². The van der Waals surface area contributed by atoms with Gasteiger partial charge in [-0.2, -0.15) is 5.10 Å². The van der Waals surface area contributed by atoms with Gasteiger partial charge in [0, 0.05) is 16.7 Å². The number of nitrogens with zero attached hydrogens (tertiary/aromatic N) is 1. The van der Waals surface area contributed by atoms with E-state index in [1.807, 2.05) is 36.4 Å². The molecule has 1 fully saturated rings. The number of H-pyrrole nitrogens is 1. The van der Waals surface area contributed by atoms with Gasteiger partial charge >= 0.3 is 0 Å². The Bertz CT molecular complexity index is 863. The molecule has 1 heterocycles. The van der Waals surface area contributed by atoms with Gasteiger partial charge in [0.1, 0.15) is 5.82 Å². The summed E-state index contributed by atoms with van der Waals surface area (Å²) in [6.07, 6.45) is 2.09. The average Bonchev–Trinajstić information content (AvgIpc) is 3.26. The van der Waals surface area contributed by atoms with E-state index in [-0.39, 0.29) is 11.2 Å². The second-order valence-electron chi connectivity index (χ2n) is 6.14. The van der Waals surface area contributed by atoms with E-state index in [4.69, 9.17) is 11.6 Å². The maximum atomic E-state index is 13.2. The number of rotatable bonds is 3. The fourth-order valence-electron chi connectivity index (χ4n) is 3.36. The SMILES string of the molecule is Cc1c(-c2ccccc2Cl)n[nH]c1C1(c2ccc(F)cc2)CC1. The third-order valence-corrected chi connectivity index (χ3v) is 5.09. The van der Waals surface area contributed by atoms with E-state index in [1.165, 1.54) is 12.1 Å². The summed E-state index contributed by atoms with van der Waals surface area (Å²) in [5, 5.41) is 8.42. The van der Waals surface area contributed by atoms with Gasteiger partial charge in [-0.15, -0.1) is 0 Å². The maximum Gasteiger partial charge on any atom is 0.123 e. The lowest BCUT2D eigenvalue weighted by molar-refractivity contribution is 0.625. The summed E-state index contributed by atoms with van der Waals surface area (Å²) in [6, 6.07) is 14.5. The molecule has 2 nitrogen and oxygen atoms in total. The maximum absolute atomic E-state index is 13.2. The highest BCUT2D eigenvalue weighted by atomic mass is 35.5. The monoisotopic (exact) mass is 326 g/mol. The van der Waals surface area contributed by atoms with Crippen molar-refractivity contribution in [2.24, 2.45) is 0 Å². The first-order chi connectivity index (χ1) is 11.1. The molecular weight excluding hydrogens is 311 g/mol. The Kier molecular flexibility index (Phi) is 3.27. The lowest BCUT2D eigenvalue weighted by Crippen LogP contribution is -2.10. The number of nitrogens with one attached hydrogen (secondary N) is 1. The fourth-order valence-corrected chi connectivity index (χ4v) is 3.58. The fraction of sp³-hybridized carbons (Fsp3) is 0.211. The molecule has 0 atom stereocenters. The molecule has 0 amide bonds. The van der Waals surface area contributed by atoms with E-state index >= 15 is 0 Å². The average molecular weight is 327 g/mol. The van der Waals surface area contributed by atoms with Gasteiger partial charge in [0.25, 0.3) is 0 Å². The molecule has 23 heavy (non-hydrogen) atoms. The van der Waals surface area contributed by atoms with Gasteiger partial charge < -0.3 is 0 Å². The molecule has 0 aliphatic heterocycles. The van der Waals surface area contributed by atoms with Crippen LogP contribution in [0, 0.1) is 12.7 Å². The second-order valence-corrected chi connectivity index (χ2v) is 6.55. The first-order valence-electron chi connectivity index (χ1n) is 7.68. The number of halogens is 2. The minimum absolute atomic E-state index is 0.0652. The predicted molar refractivity (Wildman–Crippen MR) is 90.2 cm³/mol. The summed E-state index contributed by atoms with van der Waals surface area (Å²) >= 11 is 6.31. The highest BCUT2D eigenvalue weighted by molar-refractivity contribution is 6.33. The van der Waals surface area contributed by atoms with Gasteiger partial charge in [0.15, 0.2) is 0 Å². The molecular formula is C19H16ClFN2. The van der Waals surface area contributed by atoms with Crippen molar-refractivity contribution in [2.45, 2.75) is 25.2 Å². The van der Waals surface area contributed by atoms with Crippen LogP contribution >= 0.6 is 11.6 Å². The summed E-state index contributed by atoms with van der Waals surface area (Å²) in [5.74, 6) is -0.206. The lowest BCUT2D eigenvalue weighted by atomic mass is 9.89. The van der Waals surface area contributed by atoms with Crippen molar-refractivity contribution in [1.29, 1.82) is 0 Å². The van der Waals surface area contributed by atoms with E-state index in [2.05, 4.69) is 17.1 Å². The van der Waals surface area contributed by atoms with Crippen molar-refractivity contribution < 1.29 is 4.39 Å². The molecule has 0 spiro atoms. The Morgan fingerprint density at radius 3 is 2.43 bits per heavy atom. The predicted octanol–water partition coefficient (Wildman–Crippen LogP) is 5.26. The van der Waals surface area contributed by atoms with Crippen molar-refractivity contribution in [3.8, 4) is 11.3 Å². The molecule has 1 aliphatic carbocycles. The Balaban J connectivity index is 1.80. The molecule has 2 aromatic carbocycles. The molecule has 4 heteroatoms. The minimum atomic E-state index is -0.206. The van der Waals surface area contributed by atoms with Crippen LogP contribution in [0.25, 0.3) is 11.3 Å². The Hall–Kier alpha value is -2.13. The summed E-state index contributed by atoms with van der Waals surface area (Å²) in [7, 11) is 0. The highest BCUT2D eigenvalue weighted by Gasteiger charge is 2.48. The largest absolute Gasteiger partial charge is 0.281 e. The van der Waals surface area contributed by atoms with Crippen molar-refractivity contribution >= 4 is 11.6 Å². The van der Waals surface area contributed by atoms with Crippen LogP contribution in [0.1, 0.15) is 29.7 Å². The smallest absolute Gasteiger partial charge is 0.123 e. The van der Waals surface area contributed by atoms with Crippen LogP contribution in [0.2, 0.25) is 5.02 Å². The van der Waals surface area contributed by atoms with E-state index in [1.54, 1.807) is 0 Å². The lowest BCUT2D eigenvalue weighted by Gasteiger charge is -2.15. The number of hydrogen-bond acceptors (Lipinski definition) is 1. The van der Waals surface area contributed by atoms with Gasteiger partial charge in [-0.05, 0) is 49.1 Å². The molecule has 1 aliphatic rings. The highest BCUT2D eigenvalue weighted by Crippen LogP contribution is 2.54. The molecule has 0 saturated heterocycles. The van der Waals surface area contributed by atoms with E-state index in [0.29, 0.717) is 5.02 Å². The normalized spacial score (nSPS) is 15.6. The van der Waals surface area contributed by atoms with Crippen LogP contribution in [0.5, 0.6) is 0 Å². The number of benzene rings is 2. The van der Waals surface area contributed by atoms with E-state index in [0.717, 1.165) is 40.9 Å².